The lowest BCUT2D eigenvalue weighted by molar-refractivity contribution is 0.0701. The maximum Gasteiger partial charge on any atom is 0.256 e. The van der Waals surface area contributed by atoms with Crippen LogP contribution in [-0.2, 0) is 0 Å². The molecule has 20 heavy (non-hydrogen) atoms. The van der Waals surface area contributed by atoms with E-state index in [1.807, 2.05) is 6.07 Å². The van der Waals surface area contributed by atoms with Gasteiger partial charge in [0.2, 0.25) is 0 Å². The number of aromatic nitrogens is 3. The van der Waals surface area contributed by atoms with E-state index in [4.69, 9.17) is 0 Å². The first kappa shape index (κ1) is 12.8. The van der Waals surface area contributed by atoms with Crippen molar-refractivity contribution in [1.82, 2.24) is 20.1 Å². The number of aromatic amines is 1. The van der Waals surface area contributed by atoms with E-state index in [0.29, 0.717) is 13.1 Å². The van der Waals surface area contributed by atoms with Crippen molar-refractivity contribution in [1.29, 1.82) is 0 Å². The Labute approximate surface area is 115 Å². The summed E-state index contributed by atoms with van der Waals surface area (Å²) in [5, 5.41) is 6.89. The van der Waals surface area contributed by atoms with E-state index in [1.54, 1.807) is 11.1 Å². The van der Waals surface area contributed by atoms with Gasteiger partial charge in [0.1, 0.15) is 0 Å². The number of nitrogens with one attached hydrogen (secondary N) is 1. The first-order valence-corrected chi connectivity index (χ1v) is 6.64. The fraction of sp³-hybridized carbons (Fsp3) is 0.357. The molecule has 2 aromatic heterocycles. The Bertz CT molecular complexity index is 599. The van der Waals surface area contributed by atoms with Crippen molar-refractivity contribution < 1.29 is 9.18 Å². The zero-order valence-electron chi connectivity index (χ0n) is 10.9. The molecule has 0 bridgehead atoms. The summed E-state index contributed by atoms with van der Waals surface area (Å²) >= 11 is 0. The normalized spacial score (nSPS) is 19.1. The monoisotopic (exact) mass is 274 g/mol. The number of hydrogen-bond acceptors (Lipinski definition) is 3. The predicted octanol–water partition coefficient (Wildman–Crippen LogP) is 1.96. The minimum Gasteiger partial charge on any atom is -0.338 e. The molecule has 104 valence electrons. The molecule has 2 aromatic rings. The van der Waals surface area contributed by atoms with Crippen LogP contribution in [0, 0.1) is 5.82 Å². The van der Waals surface area contributed by atoms with E-state index in [9.17, 15) is 9.18 Å². The number of rotatable bonds is 2. The van der Waals surface area contributed by atoms with Gasteiger partial charge in [-0.1, -0.05) is 0 Å². The SMILES string of the molecule is O=C(c1ccncc1F)N1CCCC(c2ccn[nH]2)C1. The molecule has 6 heteroatoms. The third-order valence-corrected chi connectivity index (χ3v) is 3.67. The van der Waals surface area contributed by atoms with E-state index in [0.717, 1.165) is 24.7 Å². The van der Waals surface area contributed by atoms with Crippen LogP contribution >= 0.6 is 0 Å². The summed E-state index contributed by atoms with van der Waals surface area (Å²) in [5.41, 5.74) is 1.11. The number of carbonyl (C=O) groups is 1. The highest BCUT2D eigenvalue weighted by atomic mass is 19.1. The summed E-state index contributed by atoms with van der Waals surface area (Å²) in [7, 11) is 0. The zero-order chi connectivity index (χ0) is 13.9. The van der Waals surface area contributed by atoms with Crippen molar-refractivity contribution in [3.63, 3.8) is 0 Å². The van der Waals surface area contributed by atoms with Gasteiger partial charge in [0.25, 0.3) is 5.91 Å². The van der Waals surface area contributed by atoms with Crippen molar-refractivity contribution in [2.75, 3.05) is 13.1 Å². The van der Waals surface area contributed by atoms with Gasteiger partial charge in [0, 0.05) is 37.1 Å². The molecule has 1 aliphatic rings. The van der Waals surface area contributed by atoms with Gasteiger partial charge in [0.15, 0.2) is 5.82 Å². The molecule has 1 unspecified atom stereocenters. The molecular weight excluding hydrogens is 259 g/mol. The Hall–Kier alpha value is -2.24. The smallest absolute Gasteiger partial charge is 0.256 e. The molecule has 1 amide bonds. The summed E-state index contributed by atoms with van der Waals surface area (Å²) in [4.78, 5) is 17.7. The molecule has 0 saturated carbocycles. The Balaban J connectivity index is 1.77. The third kappa shape index (κ3) is 2.41. The van der Waals surface area contributed by atoms with Crippen LogP contribution in [0.2, 0.25) is 0 Å². The van der Waals surface area contributed by atoms with E-state index in [-0.39, 0.29) is 17.4 Å². The molecule has 0 aliphatic carbocycles. The van der Waals surface area contributed by atoms with E-state index < -0.39 is 5.82 Å². The third-order valence-electron chi connectivity index (χ3n) is 3.67. The fourth-order valence-electron chi connectivity index (χ4n) is 2.63. The molecule has 1 fully saturated rings. The van der Waals surface area contributed by atoms with Gasteiger partial charge in [-0.05, 0) is 25.0 Å². The molecule has 1 N–H and O–H groups in total. The summed E-state index contributed by atoms with van der Waals surface area (Å²) in [6.07, 6.45) is 6.13. The quantitative estimate of drug-likeness (QED) is 0.910. The number of likely N-dealkylation sites (tertiary alicyclic amines) is 1. The molecule has 0 radical (unpaired) electrons. The van der Waals surface area contributed by atoms with Gasteiger partial charge in [0.05, 0.1) is 11.8 Å². The number of halogens is 1. The summed E-state index contributed by atoms with van der Waals surface area (Å²) in [6, 6.07) is 3.35. The van der Waals surface area contributed by atoms with Gasteiger partial charge in [-0.25, -0.2) is 4.39 Å². The molecule has 0 spiro atoms. The van der Waals surface area contributed by atoms with Crippen LogP contribution in [0.4, 0.5) is 4.39 Å². The zero-order valence-corrected chi connectivity index (χ0v) is 10.9. The topological polar surface area (TPSA) is 61.9 Å². The van der Waals surface area contributed by atoms with Crippen LogP contribution in [0.15, 0.2) is 30.7 Å². The first-order valence-electron chi connectivity index (χ1n) is 6.64. The number of amides is 1. The van der Waals surface area contributed by atoms with Gasteiger partial charge in [-0.2, -0.15) is 5.10 Å². The molecule has 5 nitrogen and oxygen atoms in total. The van der Waals surface area contributed by atoms with Crippen molar-refractivity contribution >= 4 is 5.91 Å². The number of carbonyl (C=O) groups excluding carboxylic acids is 1. The van der Waals surface area contributed by atoms with Gasteiger partial charge in [-0.15, -0.1) is 0 Å². The van der Waals surface area contributed by atoms with Gasteiger partial charge < -0.3 is 4.90 Å². The average molecular weight is 274 g/mol. The maximum absolute atomic E-state index is 13.6. The Morgan fingerprint density at radius 1 is 1.40 bits per heavy atom. The number of piperidine rings is 1. The van der Waals surface area contributed by atoms with Crippen molar-refractivity contribution in [3.05, 3.63) is 47.8 Å². The highest BCUT2D eigenvalue weighted by Gasteiger charge is 2.27. The van der Waals surface area contributed by atoms with Crippen LogP contribution < -0.4 is 0 Å². The number of H-pyrrole nitrogens is 1. The van der Waals surface area contributed by atoms with E-state index in [1.165, 1.54) is 12.3 Å². The molecular formula is C14H15FN4O. The lowest BCUT2D eigenvalue weighted by atomic mass is 9.94. The largest absolute Gasteiger partial charge is 0.338 e. The van der Waals surface area contributed by atoms with Crippen molar-refractivity contribution in [2.24, 2.45) is 0 Å². The minimum atomic E-state index is -0.568. The predicted molar refractivity (Wildman–Crippen MR) is 70.7 cm³/mol. The second-order valence-corrected chi connectivity index (χ2v) is 4.96. The van der Waals surface area contributed by atoms with Crippen LogP contribution in [0.3, 0.4) is 0 Å². The van der Waals surface area contributed by atoms with Gasteiger partial charge in [-0.3, -0.25) is 14.9 Å². The fourth-order valence-corrected chi connectivity index (χ4v) is 2.63. The summed E-state index contributed by atoms with van der Waals surface area (Å²) in [6.45, 7) is 1.24. The maximum atomic E-state index is 13.6. The number of pyridine rings is 1. The number of nitrogens with zero attached hydrogens (tertiary/aromatic N) is 3. The Morgan fingerprint density at radius 2 is 2.30 bits per heavy atom. The molecule has 1 aliphatic heterocycles. The van der Waals surface area contributed by atoms with Crippen LogP contribution in [0.25, 0.3) is 0 Å². The average Bonchev–Trinajstić information content (AvgIpc) is 3.01. The Kier molecular flexibility index (Phi) is 3.45. The highest BCUT2D eigenvalue weighted by Crippen LogP contribution is 2.26. The molecule has 1 saturated heterocycles. The minimum absolute atomic E-state index is 0.0882. The molecule has 0 aromatic carbocycles. The van der Waals surface area contributed by atoms with Crippen molar-refractivity contribution in [2.45, 2.75) is 18.8 Å². The lowest BCUT2D eigenvalue weighted by Gasteiger charge is -2.32. The molecule has 3 rings (SSSR count). The van der Waals surface area contributed by atoms with E-state index in [2.05, 4.69) is 15.2 Å². The number of hydrogen-bond donors (Lipinski definition) is 1. The van der Waals surface area contributed by atoms with Crippen LogP contribution in [0.1, 0.15) is 34.8 Å². The second kappa shape index (κ2) is 5.40. The van der Waals surface area contributed by atoms with E-state index >= 15 is 0 Å². The highest BCUT2D eigenvalue weighted by molar-refractivity contribution is 5.94. The summed E-state index contributed by atoms with van der Waals surface area (Å²) in [5.74, 6) is -0.602. The van der Waals surface area contributed by atoms with Crippen molar-refractivity contribution in [3.8, 4) is 0 Å². The second-order valence-electron chi connectivity index (χ2n) is 4.96. The van der Waals surface area contributed by atoms with Crippen LogP contribution in [0.5, 0.6) is 0 Å². The summed E-state index contributed by atoms with van der Waals surface area (Å²) < 4.78 is 13.6. The van der Waals surface area contributed by atoms with Crippen LogP contribution in [-0.4, -0.2) is 39.1 Å². The molecule has 3 heterocycles. The lowest BCUT2D eigenvalue weighted by Crippen LogP contribution is -2.39. The molecule has 1 atom stereocenters. The Morgan fingerprint density at radius 3 is 3.05 bits per heavy atom. The van der Waals surface area contributed by atoms with Gasteiger partial charge >= 0.3 is 0 Å². The first-order chi connectivity index (χ1) is 9.75. The standard InChI is InChI=1S/C14H15FN4O/c15-12-8-16-5-3-11(12)14(20)19-7-1-2-10(9-19)13-4-6-17-18-13/h3-6,8,10H,1-2,7,9H2,(H,17,18).